The minimum Gasteiger partial charge on any atom is -0.447 e. The Kier molecular flexibility index (Phi) is 4.49. The van der Waals surface area contributed by atoms with Crippen molar-refractivity contribution in [2.75, 3.05) is 19.8 Å². The van der Waals surface area contributed by atoms with Crippen LogP contribution in [0.2, 0.25) is 0 Å². The summed E-state index contributed by atoms with van der Waals surface area (Å²) in [6.07, 6.45) is 4.63. The SMILES string of the molecule is O=C(NCCn1ccnc1)OCCO. The van der Waals surface area contributed by atoms with Gasteiger partial charge in [-0.2, -0.15) is 0 Å². The average Bonchev–Trinajstić information content (AvgIpc) is 2.67. The minimum atomic E-state index is -0.515. The van der Waals surface area contributed by atoms with Crippen LogP contribution in [0.3, 0.4) is 0 Å². The Morgan fingerprint density at radius 2 is 2.50 bits per heavy atom. The van der Waals surface area contributed by atoms with Gasteiger partial charge in [-0.25, -0.2) is 9.78 Å². The summed E-state index contributed by atoms with van der Waals surface area (Å²) in [6, 6.07) is 0. The first-order valence-corrected chi connectivity index (χ1v) is 4.30. The third kappa shape index (κ3) is 3.90. The number of hydrogen-bond donors (Lipinski definition) is 2. The van der Waals surface area contributed by atoms with Gasteiger partial charge in [-0.05, 0) is 0 Å². The van der Waals surface area contributed by atoms with Gasteiger partial charge < -0.3 is 19.7 Å². The highest BCUT2D eigenvalue weighted by atomic mass is 16.6. The van der Waals surface area contributed by atoms with Crippen molar-refractivity contribution in [3.8, 4) is 0 Å². The second kappa shape index (κ2) is 5.98. The molecule has 1 aromatic heterocycles. The molecule has 0 aromatic carbocycles. The maximum absolute atomic E-state index is 10.9. The largest absolute Gasteiger partial charge is 0.447 e. The lowest BCUT2D eigenvalue weighted by Crippen LogP contribution is -2.28. The Morgan fingerprint density at radius 3 is 3.14 bits per heavy atom. The molecule has 1 amide bonds. The zero-order chi connectivity index (χ0) is 10.2. The first-order valence-electron chi connectivity index (χ1n) is 4.30. The fourth-order valence-corrected chi connectivity index (χ4v) is 0.895. The number of ether oxygens (including phenoxy) is 1. The summed E-state index contributed by atoms with van der Waals surface area (Å²) in [5.41, 5.74) is 0. The number of carbonyl (C=O) groups excluding carboxylic acids is 1. The van der Waals surface area contributed by atoms with Crippen molar-refractivity contribution in [1.82, 2.24) is 14.9 Å². The maximum Gasteiger partial charge on any atom is 0.407 e. The Balaban J connectivity index is 2.06. The predicted molar refractivity (Wildman–Crippen MR) is 48.7 cm³/mol. The van der Waals surface area contributed by atoms with Crippen molar-refractivity contribution in [3.63, 3.8) is 0 Å². The molecule has 1 aromatic rings. The van der Waals surface area contributed by atoms with E-state index in [0.717, 1.165) is 0 Å². The van der Waals surface area contributed by atoms with Gasteiger partial charge >= 0.3 is 6.09 Å². The maximum atomic E-state index is 10.9. The monoisotopic (exact) mass is 199 g/mol. The Bertz CT molecular complexity index is 261. The van der Waals surface area contributed by atoms with E-state index < -0.39 is 6.09 Å². The molecule has 6 heteroatoms. The lowest BCUT2D eigenvalue weighted by atomic mass is 10.6. The van der Waals surface area contributed by atoms with E-state index in [4.69, 9.17) is 5.11 Å². The minimum absolute atomic E-state index is 0.0247. The van der Waals surface area contributed by atoms with Gasteiger partial charge in [0.05, 0.1) is 12.9 Å². The number of carbonyl (C=O) groups is 1. The number of hydrogen-bond acceptors (Lipinski definition) is 4. The molecule has 1 rings (SSSR count). The van der Waals surface area contributed by atoms with Crippen LogP contribution in [0.5, 0.6) is 0 Å². The molecule has 0 atom stereocenters. The van der Waals surface area contributed by atoms with Gasteiger partial charge in [0.15, 0.2) is 0 Å². The lowest BCUT2D eigenvalue weighted by Gasteiger charge is -2.05. The predicted octanol–water partition coefficient (Wildman–Crippen LogP) is -0.398. The third-order valence-corrected chi connectivity index (χ3v) is 1.52. The molecule has 6 nitrogen and oxygen atoms in total. The van der Waals surface area contributed by atoms with E-state index in [0.29, 0.717) is 13.1 Å². The molecule has 0 unspecified atom stereocenters. The van der Waals surface area contributed by atoms with E-state index in [1.165, 1.54) is 0 Å². The van der Waals surface area contributed by atoms with Crippen molar-refractivity contribution >= 4 is 6.09 Å². The van der Waals surface area contributed by atoms with Crippen LogP contribution in [0.15, 0.2) is 18.7 Å². The fourth-order valence-electron chi connectivity index (χ4n) is 0.895. The quantitative estimate of drug-likeness (QED) is 0.676. The summed E-state index contributed by atoms with van der Waals surface area (Å²) in [5.74, 6) is 0. The van der Waals surface area contributed by atoms with E-state index in [2.05, 4.69) is 15.0 Å². The van der Waals surface area contributed by atoms with Crippen molar-refractivity contribution in [2.24, 2.45) is 0 Å². The van der Waals surface area contributed by atoms with Gasteiger partial charge in [0.1, 0.15) is 6.61 Å². The highest BCUT2D eigenvalue weighted by molar-refractivity contribution is 5.66. The van der Waals surface area contributed by atoms with Crippen molar-refractivity contribution < 1.29 is 14.6 Å². The molecule has 14 heavy (non-hydrogen) atoms. The molecule has 0 aliphatic carbocycles. The number of nitrogens with one attached hydrogen (secondary N) is 1. The summed E-state index contributed by atoms with van der Waals surface area (Å²) in [6.45, 7) is 0.987. The van der Waals surface area contributed by atoms with E-state index in [1.54, 1.807) is 18.7 Å². The van der Waals surface area contributed by atoms with Crippen LogP contribution in [-0.4, -0.2) is 40.5 Å². The lowest BCUT2D eigenvalue weighted by molar-refractivity contribution is 0.119. The van der Waals surface area contributed by atoms with Crippen LogP contribution in [0.25, 0.3) is 0 Å². The van der Waals surface area contributed by atoms with E-state index in [1.807, 2.05) is 4.57 Å². The molecule has 0 spiro atoms. The van der Waals surface area contributed by atoms with Crippen LogP contribution >= 0.6 is 0 Å². The summed E-state index contributed by atoms with van der Waals surface area (Å²) in [4.78, 5) is 14.7. The molecule has 0 saturated heterocycles. The molecule has 1 heterocycles. The van der Waals surface area contributed by atoms with Gasteiger partial charge in [0.25, 0.3) is 0 Å². The normalized spacial score (nSPS) is 9.79. The third-order valence-electron chi connectivity index (χ3n) is 1.52. The van der Waals surface area contributed by atoms with Gasteiger partial charge in [-0.1, -0.05) is 0 Å². The number of nitrogens with zero attached hydrogens (tertiary/aromatic N) is 2. The number of imidazole rings is 1. The second-order valence-corrected chi connectivity index (χ2v) is 2.59. The molecule has 0 fully saturated rings. The summed E-state index contributed by atoms with van der Waals surface area (Å²) in [7, 11) is 0. The van der Waals surface area contributed by atoms with Gasteiger partial charge in [0.2, 0.25) is 0 Å². The molecular weight excluding hydrogens is 186 g/mol. The molecular formula is C8H13N3O3. The number of aliphatic hydroxyl groups excluding tert-OH is 1. The molecule has 0 radical (unpaired) electrons. The Labute approximate surface area is 81.5 Å². The standard InChI is InChI=1S/C8H13N3O3/c12-5-6-14-8(13)10-2-4-11-3-1-9-7-11/h1,3,7,12H,2,4-6H2,(H,10,13). The van der Waals surface area contributed by atoms with E-state index in [9.17, 15) is 4.79 Å². The zero-order valence-corrected chi connectivity index (χ0v) is 7.72. The molecule has 0 saturated carbocycles. The Morgan fingerprint density at radius 1 is 1.64 bits per heavy atom. The second-order valence-electron chi connectivity index (χ2n) is 2.59. The average molecular weight is 199 g/mol. The smallest absolute Gasteiger partial charge is 0.407 e. The fraction of sp³-hybridized carbons (Fsp3) is 0.500. The van der Waals surface area contributed by atoms with Crippen LogP contribution < -0.4 is 5.32 Å². The first-order chi connectivity index (χ1) is 6.83. The highest BCUT2D eigenvalue weighted by Gasteiger charge is 1.99. The van der Waals surface area contributed by atoms with Crippen molar-refractivity contribution in [2.45, 2.75) is 6.54 Å². The molecule has 0 bridgehead atoms. The number of aromatic nitrogens is 2. The highest BCUT2D eigenvalue weighted by Crippen LogP contribution is 1.84. The zero-order valence-electron chi connectivity index (χ0n) is 7.72. The number of amides is 1. The molecule has 78 valence electrons. The number of aliphatic hydroxyl groups is 1. The topological polar surface area (TPSA) is 76.4 Å². The first kappa shape index (κ1) is 10.5. The van der Waals surface area contributed by atoms with E-state index in [-0.39, 0.29) is 13.2 Å². The van der Waals surface area contributed by atoms with Crippen molar-refractivity contribution in [3.05, 3.63) is 18.7 Å². The van der Waals surface area contributed by atoms with Gasteiger partial charge in [0, 0.05) is 25.5 Å². The summed E-state index contributed by atoms with van der Waals surface area (Å²) < 4.78 is 6.43. The van der Waals surface area contributed by atoms with Gasteiger partial charge in [-0.3, -0.25) is 0 Å². The molecule has 0 aliphatic heterocycles. The van der Waals surface area contributed by atoms with Gasteiger partial charge in [-0.15, -0.1) is 0 Å². The summed E-state index contributed by atoms with van der Waals surface area (Å²) in [5, 5.41) is 10.9. The van der Waals surface area contributed by atoms with Crippen LogP contribution in [0.4, 0.5) is 4.79 Å². The van der Waals surface area contributed by atoms with Crippen LogP contribution in [0, 0.1) is 0 Å². The van der Waals surface area contributed by atoms with Crippen LogP contribution in [-0.2, 0) is 11.3 Å². The Hall–Kier alpha value is -1.56. The van der Waals surface area contributed by atoms with Crippen molar-refractivity contribution in [1.29, 1.82) is 0 Å². The van der Waals surface area contributed by atoms with E-state index >= 15 is 0 Å². The molecule has 0 aliphatic rings. The number of alkyl carbamates (subject to hydrolysis) is 1. The van der Waals surface area contributed by atoms with Crippen LogP contribution in [0.1, 0.15) is 0 Å². The molecule has 2 N–H and O–H groups in total. The number of rotatable bonds is 5. The summed E-state index contributed by atoms with van der Waals surface area (Å²) >= 11 is 0.